The number of rotatable bonds is 4. The van der Waals surface area contributed by atoms with Crippen molar-refractivity contribution in [3.63, 3.8) is 0 Å². The first-order chi connectivity index (χ1) is 11.8. The van der Waals surface area contributed by atoms with Gasteiger partial charge in [0.05, 0.1) is 17.4 Å². The molecule has 0 spiro atoms. The molecule has 0 radical (unpaired) electrons. The molecule has 0 bridgehead atoms. The van der Waals surface area contributed by atoms with E-state index in [-0.39, 0.29) is 5.54 Å². The van der Waals surface area contributed by atoms with Crippen LogP contribution < -0.4 is 15.4 Å². The van der Waals surface area contributed by atoms with E-state index in [1.807, 2.05) is 42.5 Å². The van der Waals surface area contributed by atoms with E-state index in [0.29, 0.717) is 24.4 Å². The molecule has 2 aromatic rings. The quantitative estimate of drug-likeness (QED) is 0.579. The van der Waals surface area contributed by atoms with Gasteiger partial charge in [0.1, 0.15) is 6.61 Å². The van der Waals surface area contributed by atoms with E-state index in [1.54, 1.807) is 6.07 Å². The van der Waals surface area contributed by atoms with E-state index >= 15 is 0 Å². The van der Waals surface area contributed by atoms with Crippen LogP contribution in [0.15, 0.2) is 48.5 Å². The predicted molar refractivity (Wildman–Crippen MR) is 99.8 cm³/mol. The number of fused-ring (bicyclic) bond motifs is 1. The molecule has 5 nitrogen and oxygen atoms in total. The lowest BCUT2D eigenvalue weighted by Gasteiger charge is -2.37. The van der Waals surface area contributed by atoms with Crippen molar-refractivity contribution in [2.45, 2.75) is 39.0 Å². The molecule has 3 rings (SSSR count). The lowest BCUT2D eigenvalue weighted by atomic mass is 9.68. The standard InChI is InChI=1S/C19H26BNO4/c1-19(2,3)21-12-17(22)14-9-10-18-15(11-14)13-24-20(23,25-18)16-7-5-4-6-8-16/h4-11,17,21-24H,12-13H2,1-3H3/t17-,20?/m0/s1. The molecule has 1 heterocycles. The topological polar surface area (TPSA) is 74.5 Å². The smallest absolute Gasteiger partial charge is 0.618 e. The van der Waals surface area contributed by atoms with Crippen LogP contribution in [0, 0.1) is 0 Å². The summed E-state index contributed by atoms with van der Waals surface area (Å²) in [6.07, 6.45) is -0.607. The van der Waals surface area contributed by atoms with Crippen LogP contribution in [0.1, 0.15) is 38.0 Å². The largest absolute Gasteiger partial charge is 0.652 e. The van der Waals surface area contributed by atoms with Gasteiger partial charge in [-0.25, -0.2) is 0 Å². The second-order valence-corrected chi connectivity index (χ2v) is 7.59. The Hall–Kier alpha value is -1.86. The zero-order chi connectivity index (χ0) is 18.1. The molecule has 0 aliphatic carbocycles. The van der Waals surface area contributed by atoms with Crippen LogP contribution in [0.4, 0.5) is 0 Å². The van der Waals surface area contributed by atoms with Crippen molar-refractivity contribution in [1.82, 2.24) is 5.32 Å². The summed E-state index contributed by atoms with van der Waals surface area (Å²) < 4.78 is 10.2. The number of benzene rings is 2. The van der Waals surface area contributed by atoms with Crippen LogP contribution >= 0.6 is 0 Å². The van der Waals surface area contributed by atoms with Crippen LogP contribution in [-0.4, -0.2) is 33.6 Å². The van der Waals surface area contributed by atoms with Gasteiger partial charge in [0.15, 0.2) is 0 Å². The van der Waals surface area contributed by atoms with Gasteiger partial charge in [-0.1, -0.05) is 36.4 Å². The normalized spacial score (nSPS) is 21.3. The third-order valence-electron chi connectivity index (χ3n) is 4.33. The lowest BCUT2D eigenvalue weighted by Crippen LogP contribution is -2.61. The lowest BCUT2D eigenvalue weighted by molar-refractivity contribution is 0.0112. The van der Waals surface area contributed by atoms with Crippen molar-refractivity contribution >= 4 is 12.2 Å². The second-order valence-electron chi connectivity index (χ2n) is 7.59. The van der Waals surface area contributed by atoms with Crippen LogP contribution in [0.3, 0.4) is 0 Å². The number of aliphatic hydroxyl groups excluding tert-OH is 1. The molecule has 134 valence electrons. The summed E-state index contributed by atoms with van der Waals surface area (Å²) in [7, 11) is 0. The molecule has 2 aromatic carbocycles. The summed E-state index contributed by atoms with van der Waals surface area (Å²) in [6, 6.07) is 14.7. The van der Waals surface area contributed by atoms with Crippen molar-refractivity contribution < 1.29 is 19.4 Å². The molecule has 0 aromatic heterocycles. The van der Waals surface area contributed by atoms with Gasteiger partial charge in [0, 0.05) is 12.1 Å². The van der Waals surface area contributed by atoms with E-state index in [4.69, 9.17) is 4.65 Å². The van der Waals surface area contributed by atoms with Gasteiger partial charge >= 0.3 is 6.75 Å². The van der Waals surface area contributed by atoms with E-state index < -0.39 is 12.9 Å². The van der Waals surface area contributed by atoms with Gasteiger partial charge < -0.3 is 24.8 Å². The van der Waals surface area contributed by atoms with Gasteiger partial charge in [-0.2, -0.15) is 0 Å². The summed E-state index contributed by atoms with van der Waals surface area (Å²) in [5, 5.41) is 24.4. The van der Waals surface area contributed by atoms with Crippen molar-refractivity contribution in [2.75, 3.05) is 6.54 Å². The highest BCUT2D eigenvalue weighted by atomic mass is 16.7. The Balaban J connectivity index is 1.75. The minimum Gasteiger partial charge on any atom is -0.618 e. The zero-order valence-electron chi connectivity index (χ0n) is 14.9. The highest BCUT2D eigenvalue weighted by Crippen LogP contribution is 2.29. The maximum Gasteiger partial charge on any atom is 0.652 e. The first-order valence-corrected chi connectivity index (χ1v) is 8.62. The number of aliphatic hydroxyl groups is 2. The summed E-state index contributed by atoms with van der Waals surface area (Å²) in [6.45, 7) is 4.61. The molecule has 0 amide bonds. The average Bonchev–Trinajstić information content (AvgIpc) is 2.59. The van der Waals surface area contributed by atoms with Gasteiger partial charge in [-0.3, -0.25) is 0 Å². The minimum absolute atomic E-state index is 0.0532. The Morgan fingerprint density at radius 2 is 1.92 bits per heavy atom. The minimum atomic E-state index is -2.40. The van der Waals surface area contributed by atoms with Crippen molar-refractivity contribution in [1.29, 1.82) is 0 Å². The first-order valence-electron chi connectivity index (χ1n) is 8.62. The fourth-order valence-corrected chi connectivity index (χ4v) is 2.88. The average molecular weight is 343 g/mol. The number of β-amino-alcohol motifs (C(OH)–C–C–N with tert-alkyl or cyclic N) is 1. The van der Waals surface area contributed by atoms with E-state index in [1.165, 1.54) is 0 Å². The highest BCUT2D eigenvalue weighted by molar-refractivity contribution is 6.74. The van der Waals surface area contributed by atoms with Gasteiger partial charge in [-0.05, 0) is 43.9 Å². The zero-order valence-corrected chi connectivity index (χ0v) is 14.9. The number of nitrogens with one attached hydrogen (secondary N) is 1. The maximum atomic E-state index is 10.8. The molecule has 0 fully saturated rings. The number of hydrogen-bond acceptors (Lipinski definition) is 4. The molecule has 1 aliphatic heterocycles. The Labute approximate surface area is 148 Å². The van der Waals surface area contributed by atoms with Crippen LogP contribution in [0.2, 0.25) is 0 Å². The first kappa shape index (κ1) is 18.0. The summed E-state index contributed by atoms with van der Waals surface area (Å²) in [5.41, 5.74) is 2.29. The molecular formula is C19H26BNO4. The molecule has 0 saturated heterocycles. The Kier molecular flexibility index (Phi) is 4.89. The maximum absolute atomic E-state index is 10.8. The molecular weight excluding hydrogens is 317 g/mol. The van der Waals surface area contributed by atoms with Crippen LogP contribution in [0.25, 0.3) is 0 Å². The SMILES string of the molecule is CC(C)(C)NC[C@H](O)c1ccc2c(c1)C[OH+][B-](O)(c1ccccc1)O2. The van der Waals surface area contributed by atoms with Gasteiger partial charge in [0.25, 0.3) is 0 Å². The van der Waals surface area contributed by atoms with Crippen molar-refractivity contribution in [2.24, 2.45) is 0 Å². The molecule has 25 heavy (non-hydrogen) atoms. The summed E-state index contributed by atoms with van der Waals surface area (Å²) in [5.74, 6) is 0.612. The Bertz CT molecular complexity index is 732. The van der Waals surface area contributed by atoms with Crippen molar-refractivity contribution in [3.05, 3.63) is 59.7 Å². The fraction of sp³-hybridized carbons (Fsp3) is 0.368. The Morgan fingerprint density at radius 1 is 1.20 bits per heavy atom. The van der Waals surface area contributed by atoms with E-state index in [2.05, 4.69) is 30.7 Å². The van der Waals surface area contributed by atoms with Crippen molar-refractivity contribution in [3.8, 4) is 5.75 Å². The summed E-state index contributed by atoms with van der Waals surface area (Å²) in [4.78, 5) is 0. The van der Waals surface area contributed by atoms with E-state index in [0.717, 1.165) is 11.1 Å². The number of hydrogen-bond donors (Lipinski definition) is 3. The summed E-state index contributed by atoms with van der Waals surface area (Å²) >= 11 is 0. The third kappa shape index (κ3) is 4.22. The van der Waals surface area contributed by atoms with Crippen LogP contribution in [-0.2, 0) is 6.61 Å². The predicted octanol–water partition coefficient (Wildman–Crippen LogP) is 1.37. The van der Waals surface area contributed by atoms with Gasteiger partial charge in [0.2, 0.25) is 0 Å². The highest BCUT2D eigenvalue weighted by Gasteiger charge is 2.43. The molecule has 1 unspecified atom stereocenters. The molecule has 4 N–H and O–H groups in total. The second kappa shape index (κ2) is 6.80. The third-order valence-corrected chi connectivity index (χ3v) is 4.33. The Morgan fingerprint density at radius 3 is 2.60 bits per heavy atom. The monoisotopic (exact) mass is 343 g/mol. The molecule has 2 atom stereocenters. The fourth-order valence-electron chi connectivity index (χ4n) is 2.88. The molecule has 1 aliphatic rings. The van der Waals surface area contributed by atoms with E-state index in [9.17, 15) is 10.1 Å². The molecule has 6 heteroatoms. The molecule has 0 saturated carbocycles. The van der Waals surface area contributed by atoms with Crippen LogP contribution in [0.5, 0.6) is 5.75 Å². The van der Waals surface area contributed by atoms with Gasteiger partial charge in [-0.15, -0.1) is 0 Å².